The average molecular weight is 476 g/mol. The molecule has 4 nitrogen and oxygen atoms in total. The van der Waals surface area contributed by atoms with Crippen molar-refractivity contribution in [2.75, 3.05) is 18.5 Å². The minimum absolute atomic E-state index is 0.123. The van der Waals surface area contributed by atoms with Gasteiger partial charge < -0.3 is 15.0 Å². The fourth-order valence-electron chi connectivity index (χ4n) is 4.63. The van der Waals surface area contributed by atoms with E-state index in [1.165, 1.54) is 12.1 Å². The third-order valence-electron chi connectivity index (χ3n) is 6.47. The van der Waals surface area contributed by atoms with Gasteiger partial charge in [-0.05, 0) is 62.3 Å². The summed E-state index contributed by atoms with van der Waals surface area (Å²) in [5, 5.41) is 3.62. The second-order valence-electron chi connectivity index (χ2n) is 9.09. The number of pyridine rings is 1. The summed E-state index contributed by atoms with van der Waals surface area (Å²) in [6.07, 6.45) is 6.21. The second kappa shape index (κ2) is 10.4. The maximum absolute atomic E-state index is 15.0. The van der Waals surface area contributed by atoms with E-state index in [1.54, 1.807) is 0 Å². The van der Waals surface area contributed by atoms with Crippen molar-refractivity contribution in [1.82, 2.24) is 9.97 Å². The van der Waals surface area contributed by atoms with E-state index in [4.69, 9.17) is 16.3 Å². The number of nitrogens with zero attached hydrogens (tertiary/aromatic N) is 1. The Balaban J connectivity index is 1.62. The molecule has 2 aromatic heterocycles. The van der Waals surface area contributed by atoms with Crippen LogP contribution in [0.25, 0.3) is 22.3 Å². The number of nitrogens with one attached hydrogen (secondary N) is 2. The predicted molar refractivity (Wildman–Crippen MR) is 131 cm³/mol. The number of aryl methyl sites for hydroxylation is 1. The van der Waals surface area contributed by atoms with E-state index in [-0.39, 0.29) is 11.3 Å². The van der Waals surface area contributed by atoms with E-state index in [0.717, 1.165) is 56.3 Å². The Morgan fingerprint density at radius 1 is 1.18 bits per heavy atom. The highest BCUT2D eigenvalue weighted by Gasteiger charge is 2.26. The lowest BCUT2D eigenvalue weighted by molar-refractivity contribution is 0.104. The molecule has 1 fully saturated rings. The number of aromatic nitrogens is 2. The number of hydrogen-bond donors (Lipinski definition) is 2. The molecule has 2 N–H and O–H groups in total. The van der Waals surface area contributed by atoms with E-state index in [2.05, 4.69) is 29.1 Å². The van der Waals surface area contributed by atoms with Gasteiger partial charge in [0.15, 0.2) is 0 Å². The topological polar surface area (TPSA) is 49.9 Å². The minimum atomic E-state index is -0.636. The first-order valence-corrected chi connectivity index (χ1v) is 12.3. The van der Waals surface area contributed by atoms with Crippen molar-refractivity contribution < 1.29 is 13.5 Å². The van der Waals surface area contributed by atoms with Gasteiger partial charge in [0.25, 0.3) is 0 Å². The number of benzene rings is 1. The Morgan fingerprint density at radius 2 is 1.94 bits per heavy atom. The molecule has 7 heteroatoms. The van der Waals surface area contributed by atoms with Crippen LogP contribution in [0.15, 0.2) is 18.2 Å². The van der Waals surface area contributed by atoms with Crippen molar-refractivity contribution in [3.63, 3.8) is 0 Å². The van der Waals surface area contributed by atoms with Gasteiger partial charge in [-0.2, -0.15) is 0 Å². The van der Waals surface area contributed by atoms with Gasteiger partial charge in [-0.15, -0.1) is 0 Å². The molecule has 0 radical (unpaired) electrons. The molecule has 0 spiro atoms. The molecule has 2 unspecified atom stereocenters. The maximum atomic E-state index is 15.0. The van der Waals surface area contributed by atoms with Gasteiger partial charge in [0.1, 0.15) is 17.2 Å². The molecule has 178 valence electrons. The first kappa shape index (κ1) is 24.0. The van der Waals surface area contributed by atoms with Crippen LogP contribution in [0.4, 0.5) is 14.5 Å². The highest BCUT2D eigenvalue weighted by molar-refractivity contribution is 6.36. The van der Waals surface area contributed by atoms with Crippen molar-refractivity contribution >= 4 is 28.3 Å². The minimum Gasteiger partial charge on any atom is -0.385 e. The molecule has 2 atom stereocenters. The summed E-state index contributed by atoms with van der Waals surface area (Å²) in [7, 11) is 0. The Hall–Kier alpha value is -2.18. The van der Waals surface area contributed by atoms with Gasteiger partial charge in [0.2, 0.25) is 0 Å². The normalized spacial score (nSPS) is 18.4. The van der Waals surface area contributed by atoms with Crippen molar-refractivity contribution in [1.29, 1.82) is 0 Å². The Labute approximate surface area is 199 Å². The van der Waals surface area contributed by atoms with Crippen LogP contribution in [0.3, 0.4) is 0 Å². The van der Waals surface area contributed by atoms with Gasteiger partial charge in [-0.1, -0.05) is 38.3 Å². The highest BCUT2D eigenvalue weighted by Crippen LogP contribution is 2.36. The van der Waals surface area contributed by atoms with Crippen molar-refractivity contribution in [2.45, 2.75) is 65.4 Å². The lowest BCUT2D eigenvalue weighted by Crippen LogP contribution is -2.05. The zero-order valence-corrected chi connectivity index (χ0v) is 20.3. The van der Waals surface area contributed by atoms with Gasteiger partial charge in [0, 0.05) is 17.9 Å². The number of aromatic amines is 1. The summed E-state index contributed by atoms with van der Waals surface area (Å²) in [6.45, 7) is 7.46. The second-order valence-corrected chi connectivity index (χ2v) is 9.46. The SMILES string of the molecule is CCCCCNc1cc(F)c(-c2nc3c(Cl)c(CC4COC(CC)C4)[nH]c3cc2C)c(F)c1. The molecule has 33 heavy (non-hydrogen) atoms. The Morgan fingerprint density at radius 3 is 2.61 bits per heavy atom. The van der Waals surface area contributed by atoms with Crippen LogP contribution in [0.1, 0.15) is 57.2 Å². The van der Waals surface area contributed by atoms with Crippen LogP contribution in [-0.2, 0) is 11.2 Å². The number of H-pyrrole nitrogens is 1. The molecule has 0 amide bonds. The monoisotopic (exact) mass is 475 g/mol. The summed E-state index contributed by atoms with van der Waals surface area (Å²) in [5.74, 6) is -0.875. The molecule has 1 saturated heterocycles. The molecule has 3 aromatic rings. The number of fused-ring (bicyclic) bond motifs is 1. The number of ether oxygens (including phenoxy) is 1. The van der Waals surface area contributed by atoms with Crippen LogP contribution in [0, 0.1) is 24.5 Å². The zero-order chi connectivity index (χ0) is 23.5. The van der Waals surface area contributed by atoms with Crippen molar-refractivity contribution in [3.8, 4) is 11.3 Å². The summed E-state index contributed by atoms with van der Waals surface area (Å²) >= 11 is 6.67. The molecule has 4 rings (SSSR count). The molecule has 1 aliphatic rings. The average Bonchev–Trinajstić information content (AvgIpc) is 3.35. The molecule has 0 aliphatic carbocycles. The number of anilines is 1. The van der Waals surface area contributed by atoms with Crippen molar-refractivity contribution in [2.24, 2.45) is 5.92 Å². The standard InChI is InChI=1S/C26H32ClF2N3O/c1-4-6-7-8-30-17-12-19(28)23(20(29)13-17)25-15(3)9-22-26(32-25)24(27)21(31-22)11-16-10-18(5-2)33-14-16/h9,12-13,16,18,30-31H,4-8,10-11,14H2,1-3H3. The third-order valence-corrected chi connectivity index (χ3v) is 6.88. The quantitative estimate of drug-likeness (QED) is 0.316. The predicted octanol–water partition coefficient (Wildman–Crippen LogP) is 7.43. The summed E-state index contributed by atoms with van der Waals surface area (Å²) in [6, 6.07) is 4.54. The summed E-state index contributed by atoms with van der Waals surface area (Å²) < 4.78 is 35.9. The van der Waals surface area contributed by atoms with Crippen molar-refractivity contribution in [3.05, 3.63) is 46.1 Å². The number of halogens is 3. The van der Waals surface area contributed by atoms with Gasteiger partial charge in [-0.3, -0.25) is 0 Å². The van der Waals surface area contributed by atoms with Crippen LogP contribution in [0.5, 0.6) is 0 Å². The first-order valence-electron chi connectivity index (χ1n) is 11.9. The summed E-state index contributed by atoms with van der Waals surface area (Å²) in [4.78, 5) is 7.98. The van der Waals surface area contributed by atoms with Crippen LogP contribution in [0.2, 0.25) is 5.02 Å². The first-order chi connectivity index (χ1) is 15.9. The molecule has 1 aliphatic heterocycles. The van der Waals surface area contributed by atoms with Crippen LogP contribution < -0.4 is 5.32 Å². The lowest BCUT2D eigenvalue weighted by atomic mass is 9.99. The molecule has 3 heterocycles. The summed E-state index contributed by atoms with van der Waals surface area (Å²) in [5.41, 5.74) is 3.49. The number of rotatable bonds is 9. The smallest absolute Gasteiger partial charge is 0.137 e. The lowest BCUT2D eigenvalue weighted by Gasteiger charge is -2.12. The Kier molecular flexibility index (Phi) is 7.55. The van der Waals surface area contributed by atoms with E-state index in [9.17, 15) is 0 Å². The Bertz CT molecular complexity index is 1110. The molecular weight excluding hydrogens is 444 g/mol. The van der Waals surface area contributed by atoms with E-state index in [1.807, 2.05) is 13.0 Å². The van der Waals surface area contributed by atoms with Crippen LogP contribution in [-0.4, -0.2) is 29.2 Å². The van der Waals surface area contributed by atoms with Gasteiger partial charge >= 0.3 is 0 Å². The molecule has 1 aromatic carbocycles. The van der Waals surface area contributed by atoms with Gasteiger partial charge in [0.05, 0.1) is 34.5 Å². The van der Waals surface area contributed by atoms with E-state index < -0.39 is 11.6 Å². The highest BCUT2D eigenvalue weighted by atomic mass is 35.5. The fourth-order valence-corrected chi connectivity index (χ4v) is 4.90. The maximum Gasteiger partial charge on any atom is 0.137 e. The van der Waals surface area contributed by atoms with Gasteiger partial charge in [-0.25, -0.2) is 13.8 Å². The number of unbranched alkanes of at least 4 members (excludes halogenated alkanes) is 2. The molecule has 0 bridgehead atoms. The van der Waals surface area contributed by atoms with Crippen LogP contribution >= 0.6 is 11.6 Å². The van der Waals surface area contributed by atoms with E-state index >= 15 is 8.78 Å². The molecule has 0 saturated carbocycles. The molecular formula is C26H32ClF2N3O. The fraction of sp³-hybridized carbons (Fsp3) is 0.500. The largest absolute Gasteiger partial charge is 0.385 e. The number of hydrogen-bond acceptors (Lipinski definition) is 3. The third kappa shape index (κ3) is 5.17. The zero-order valence-electron chi connectivity index (χ0n) is 19.5. The van der Waals surface area contributed by atoms with E-state index in [0.29, 0.717) is 40.4 Å².